The molecule has 2 nitrogen and oxygen atoms in total. The molecule has 1 saturated carbocycles. The summed E-state index contributed by atoms with van der Waals surface area (Å²) in [5.41, 5.74) is 3.74. The lowest BCUT2D eigenvalue weighted by Crippen LogP contribution is -2.25. The average molecular weight is 137 g/mol. The van der Waals surface area contributed by atoms with Crippen molar-refractivity contribution in [1.29, 1.82) is 0 Å². The highest BCUT2D eigenvalue weighted by atomic mass is 19.3. The van der Waals surface area contributed by atoms with Gasteiger partial charge < -0.3 is 10.8 Å². The van der Waals surface area contributed by atoms with Crippen molar-refractivity contribution >= 4 is 0 Å². The van der Waals surface area contributed by atoms with Gasteiger partial charge >= 0.3 is 0 Å². The summed E-state index contributed by atoms with van der Waals surface area (Å²) in [5, 5.41) is 8.43. The highest BCUT2D eigenvalue weighted by molar-refractivity contribution is 5.10. The smallest absolute Gasteiger partial charge is 0.258 e. The molecule has 1 fully saturated rings. The molecule has 0 spiro atoms. The van der Waals surface area contributed by atoms with Gasteiger partial charge in [-0.1, -0.05) is 0 Å². The molecule has 1 rings (SSSR count). The number of alkyl halides is 2. The lowest BCUT2D eigenvalue weighted by atomic mass is 10.1. The third kappa shape index (κ3) is 0.737. The van der Waals surface area contributed by atoms with Crippen LogP contribution in [0, 0.1) is 5.41 Å². The third-order valence-corrected chi connectivity index (χ3v) is 1.90. The fraction of sp³-hybridized carbons (Fsp3) is 1.00. The number of rotatable bonds is 2. The average Bonchev–Trinajstić information content (AvgIpc) is 2.35. The molecule has 0 radical (unpaired) electrons. The van der Waals surface area contributed by atoms with Gasteiger partial charge in [-0.2, -0.15) is 0 Å². The second-order valence-corrected chi connectivity index (χ2v) is 2.52. The van der Waals surface area contributed by atoms with Crippen molar-refractivity contribution in [2.24, 2.45) is 11.1 Å². The summed E-state index contributed by atoms with van der Waals surface area (Å²) < 4.78 is 24.4. The third-order valence-electron chi connectivity index (χ3n) is 1.90. The van der Waals surface area contributed by atoms with E-state index in [4.69, 9.17) is 10.8 Å². The molecule has 1 aliphatic rings. The van der Waals surface area contributed by atoms with Crippen LogP contribution in [-0.2, 0) is 0 Å². The van der Waals surface area contributed by atoms with Crippen LogP contribution in [0.15, 0.2) is 0 Å². The Morgan fingerprint density at radius 3 is 2.00 bits per heavy atom. The molecule has 0 heterocycles. The molecular formula is C5H9F2NO. The minimum Gasteiger partial charge on any atom is -0.396 e. The van der Waals surface area contributed by atoms with Crippen molar-refractivity contribution in [2.45, 2.75) is 12.3 Å². The molecule has 0 amide bonds. The normalized spacial score (nSPS) is 38.7. The van der Waals surface area contributed by atoms with Crippen LogP contribution in [0.3, 0.4) is 0 Å². The van der Waals surface area contributed by atoms with E-state index in [1.165, 1.54) is 0 Å². The maximum atomic E-state index is 12.2. The van der Waals surface area contributed by atoms with E-state index in [1.807, 2.05) is 0 Å². The first-order valence-electron chi connectivity index (χ1n) is 2.77. The zero-order chi connectivity index (χ0) is 7.12. The van der Waals surface area contributed by atoms with Crippen molar-refractivity contribution in [3.8, 4) is 0 Å². The zero-order valence-electron chi connectivity index (χ0n) is 4.90. The SMILES string of the molecule is NCC1(CO)CC1(F)F. The minimum atomic E-state index is -2.71. The first kappa shape index (κ1) is 6.89. The predicted molar refractivity (Wildman–Crippen MR) is 28.1 cm³/mol. The molecule has 54 valence electrons. The van der Waals surface area contributed by atoms with Gasteiger partial charge in [-0.05, 0) is 0 Å². The fourth-order valence-corrected chi connectivity index (χ4v) is 0.838. The maximum Gasteiger partial charge on any atom is 0.258 e. The first-order valence-corrected chi connectivity index (χ1v) is 2.77. The van der Waals surface area contributed by atoms with E-state index >= 15 is 0 Å². The van der Waals surface area contributed by atoms with Crippen molar-refractivity contribution in [2.75, 3.05) is 13.2 Å². The highest BCUT2D eigenvalue weighted by Gasteiger charge is 2.69. The molecule has 9 heavy (non-hydrogen) atoms. The summed E-state index contributed by atoms with van der Waals surface area (Å²) in [6, 6.07) is 0. The summed E-state index contributed by atoms with van der Waals surface area (Å²) in [5.74, 6) is -2.71. The highest BCUT2D eigenvalue weighted by Crippen LogP contribution is 2.59. The number of hydrogen-bond donors (Lipinski definition) is 2. The second-order valence-electron chi connectivity index (χ2n) is 2.52. The number of aliphatic hydroxyl groups excluding tert-OH is 1. The Kier molecular flexibility index (Phi) is 1.25. The Morgan fingerprint density at radius 1 is 1.56 bits per heavy atom. The van der Waals surface area contributed by atoms with Gasteiger partial charge in [0.15, 0.2) is 0 Å². The van der Waals surface area contributed by atoms with Gasteiger partial charge in [-0.15, -0.1) is 0 Å². The minimum absolute atomic E-state index is 0.128. The molecule has 3 N–H and O–H groups in total. The van der Waals surface area contributed by atoms with Crippen LogP contribution in [0.5, 0.6) is 0 Å². The number of nitrogens with two attached hydrogens (primary N) is 1. The number of hydrogen-bond acceptors (Lipinski definition) is 2. The van der Waals surface area contributed by atoms with E-state index in [1.54, 1.807) is 0 Å². The van der Waals surface area contributed by atoms with E-state index in [0.717, 1.165) is 0 Å². The molecule has 0 bridgehead atoms. The molecule has 0 aromatic heterocycles. The maximum absolute atomic E-state index is 12.2. The first-order chi connectivity index (χ1) is 4.08. The van der Waals surface area contributed by atoms with Gasteiger partial charge in [0.1, 0.15) is 0 Å². The van der Waals surface area contributed by atoms with Crippen LogP contribution in [0.2, 0.25) is 0 Å². The summed E-state index contributed by atoms with van der Waals surface area (Å²) in [6.07, 6.45) is -0.257. The molecule has 1 unspecified atom stereocenters. The molecule has 0 aromatic rings. The van der Waals surface area contributed by atoms with Gasteiger partial charge in [-0.3, -0.25) is 0 Å². The number of aliphatic hydroxyl groups is 1. The molecular weight excluding hydrogens is 128 g/mol. The Morgan fingerprint density at radius 2 is 2.00 bits per heavy atom. The van der Waals surface area contributed by atoms with Crippen LogP contribution in [-0.4, -0.2) is 24.2 Å². The number of halogens is 2. The monoisotopic (exact) mass is 137 g/mol. The Bertz CT molecular complexity index is 122. The predicted octanol–water partition coefficient (Wildman–Crippen LogP) is -0.0372. The van der Waals surface area contributed by atoms with Crippen LogP contribution >= 0.6 is 0 Å². The van der Waals surface area contributed by atoms with E-state index in [9.17, 15) is 8.78 Å². The van der Waals surface area contributed by atoms with Gasteiger partial charge in [0, 0.05) is 13.0 Å². The van der Waals surface area contributed by atoms with Gasteiger partial charge in [0.05, 0.1) is 12.0 Å². The molecule has 0 aliphatic heterocycles. The van der Waals surface area contributed by atoms with Crippen molar-refractivity contribution in [3.05, 3.63) is 0 Å². The lowest BCUT2D eigenvalue weighted by molar-refractivity contribution is 0.0407. The molecule has 0 saturated heterocycles. The Labute approximate surface area is 51.7 Å². The largest absolute Gasteiger partial charge is 0.396 e. The topological polar surface area (TPSA) is 46.2 Å². The molecule has 1 aliphatic carbocycles. The van der Waals surface area contributed by atoms with Gasteiger partial charge in [0.2, 0.25) is 0 Å². The molecule has 0 aromatic carbocycles. The van der Waals surface area contributed by atoms with Crippen LogP contribution in [0.25, 0.3) is 0 Å². The molecule has 1 atom stereocenters. The summed E-state index contributed by atoms with van der Waals surface area (Å²) in [7, 11) is 0. The van der Waals surface area contributed by atoms with Gasteiger partial charge in [0.25, 0.3) is 5.92 Å². The van der Waals surface area contributed by atoms with E-state index in [2.05, 4.69) is 0 Å². The zero-order valence-corrected chi connectivity index (χ0v) is 4.90. The van der Waals surface area contributed by atoms with E-state index in [0.29, 0.717) is 0 Å². The van der Waals surface area contributed by atoms with Crippen molar-refractivity contribution in [3.63, 3.8) is 0 Å². The van der Waals surface area contributed by atoms with Crippen molar-refractivity contribution in [1.82, 2.24) is 0 Å². The van der Waals surface area contributed by atoms with Gasteiger partial charge in [-0.25, -0.2) is 8.78 Å². The van der Waals surface area contributed by atoms with Crippen LogP contribution in [0.1, 0.15) is 6.42 Å². The lowest BCUT2D eigenvalue weighted by Gasteiger charge is -2.07. The fourth-order valence-electron chi connectivity index (χ4n) is 0.838. The standard InChI is InChI=1S/C5H9F2NO/c6-5(7)1-4(5,2-8)3-9/h9H,1-3,8H2. The summed E-state index contributed by atoms with van der Waals surface area (Å²) >= 11 is 0. The summed E-state index contributed by atoms with van der Waals surface area (Å²) in [4.78, 5) is 0. The van der Waals surface area contributed by atoms with Crippen LogP contribution in [0.4, 0.5) is 8.78 Å². The van der Waals surface area contributed by atoms with E-state index in [-0.39, 0.29) is 13.0 Å². The van der Waals surface area contributed by atoms with E-state index < -0.39 is 17.9 Å². The van der Waals surface area contributed by atoms with Crippen molar-refractivity contribution < 1.29 is 13.9 Å². The quantitative estimate of drug-likeness (QED) is 0.561. The molecule has 4 heteroatoms. The Balaban J connectivity index is 2.57. The Hall–Kier alpha value is -0.220. The van der Waals surface area contributed by atoms with Crippen LogP contribution < -0.4 is 5.73 Å². The summed E-state index contributed by atoms with van der Waals surface area (Å²) in [6.45, 7) is -0.632. The second kappa shape index (κ2) is 1.64.